The van der Waals surface area contributed by atoms with Gasteiger partial charge in [-0.3, -0.25) is 4.79 Å². The summed E-state index contributed by atoms with van der Waals surface area (Å²) in [7, 11) is 0. The third-order valence-corrected chi connectivity index (χ3v) is 2.90. The van der Waals surface area contributed by atoms with Crippen molar-refractivity contribution in [3.63, 3.8) is 0 Å². The zero-order valence-electron chi connectivity index (χ0n) is 10.1. The highest BCUT2D eigenvalue weighted by molar-refractivity contribution is 6.30. The van der Waals surface area contributed by atoms with Crippen molar-refractivity contribution < 1.29 is 4.79 Å². The second-order valence-corrected chi connectivity index (χ2v) is 4.28. The van der Waals surface area contributed by atoms with Crippen LogP contribution in [0.3, 0.4) is 0 Å². The van der Waals surface area contributed by atoms with E-state index in [-0.39, 0.29) is 5.91 Å². The number of halogens is 1. The van der Waals surface area contributed by atoms with E-state index in [4.69, 9.17) is 11.6 Å². The number of amides is 1. The molecule has 0 radical (unpaired) electrons. The molecule has 0 aliphatic heterocycles. The minimum atomic E-state index is -0.609. The minimum Gasteiger partial charge on any atom is -0.337 e. The Hall–Kier alpha value is -1.28. The molecular weight excluding hydrogens is 234 g/mol. The normalized spacial score (nSPS) is 11.9. The van der Waals surface area contributed by atoms with E-state index in [1.165, 1.54) is 0 Å². The summed E-state index contributed by atoms with van der Waals surface area (Å²) in [5.41, 5.74) is 0.837. The van der Waals surface area contributed by atoms with Crippen LogP contribution in [0.25, 0.3) is 0 Å². The largest absolute Gasteiger partial charge is 0.337 e. The number of benzene rings is 1. The fraction of sp³-hybridized carbons (Fsp3) is 0.357. The summed E-state index contributed by atoms with van der Waals surface area (Å²) < 4.78 is 0. The van der Waals surface area contributed by atoms with E-state index in [0.717, 1.165) is 12.0 Å². The summed E-state index contributed by atoms with van der Waals surface area (Å²) in [5, 5.41) is -0.609. The van der Waals surface area contributed by atoms with E-state index in [1.807, 2.05) is 37.3 Å². The summed E-state index contributed by atoms with van der Waals surface area (Å²) in [4.78, 5) is 13.9. The molecule has 0 aromatic heterocycles. The van der Waals surface area contributed by atoms with E-state index < -0.39 is 5.38 Å². The average molecular weight is 252 g/mol. The molecule has 0 spiro atoms. The van der Waals surface area contributed by atoms with Crippen LogP contribution in [0.5, 0.6) is 0 Å². The van der Waals surface area contributed by atoms with Crippen LogP contribution in [0.15, 0.2) is 43.0 Å². The Morgan fingerprint density at radius 3 is 2.65 bits per heavy atom. The van der Waals surface area contributed by atoms with Gasteiger partial charge < -0.3 is 4.90 Å². The molecule has 0 saturated heterocycles. The molecule has 0 aliphatic carbocycles. The molecule has 1 atom stereocenters. The summed E-state index contributed by atoms with van der Waals surface area (Å²) in [5.74, 6) is -0.0559. The fourth-order valence-electron chi connectivity index (χ4n) is 1.64. The molecule has 0 bridgehead atoms. The molecule has 1 aromatic rings. The number of nitrogens with zero attached hydrogens (tertiary/aromatic N) is 1. The first kappa shape index (κ1) is 13.8. The summed E-state index contributed by atoms with van der Waals surface area (Å²) >= 11 is 6.20. The molecular formula is C14H18ClNO. The first-order valence-electron chi connectivity index (χ1n) is 5.79. The van der Waals surface area contributed by atoms with Crippen molar-refractivity contribution in [3.8, 4) is 0 Å². The molecule has 0 fully saturated rings. The lowest BCUT2D eigenvalue weighted by Crippen LogP contribution is -2.34. The SMILES string of the molecule is C=CCN(CCC)C(=O)C(Cl)c1ccccc1. The lowest BCUT2D eigenvalue weighted by molar-refractivity contribution is -0.130. The van der Waals surface area contributed by atoms with Crippen molar-refractivity contribution in [1.82, 2.24) is 4.90 Å². The van der Waals surface area contributed by atoms with Crippen LogP contribution >= 0.6 is 11.6 Å². The summed E-state index contributed by atoms with van der Waals surface area (Å²) in [6, 6.07) is 9.41. The number of rotatable bonds is 6. The van der Waals surface area contributed by atoms with Gasteiger partial charge in [0.1, 0.15) is 5.38 Å². The summed E-state index contributed by atoms with van der Waals surface area (Å²) in [6.45, 7) is 6.95. The smallest absolute Gasteiger partial charge is 0.245 e. The Kier molecular flexibility index (Phi) is 5.78. The molecule has 1 rings (SSSR count). The third-order valence-electron chi connectivity index (χ3n) is 2.46. The van der Waals surface area contributed by atoms with Gasteiger partial charge in [0.05, 0.1) is 0 Å². The maximum Gasteiger partial charge on any atom is 0.245 e. The van der Waals surface area contributed by atoms with Gasteiger partial charge in [0.2, 0.25) is 5.91 Å². The molecule has 0 saturated carbocycles. The van der Waals surface area contributed by atoms with E-state index in [0.29, 0.717) is 13.1 Å². The molecule has 3 heteroatoms. The van der Waals surface area contributed by atoms with Gasteiger partial charge in [-0.05, 0) is 12.0 Å². The number of carbonyl (C=O) groups excluding carboxylic acids is 1. The van der Waals surface area contributed by atoms with Gasteiger partial charge in [0.25, 0.3) is 0 Å². The minimum absolute atomic E-state index is 0.0559. The Labute approximate surface area is 108 Å². The molecule has 1 aromatic carbocycles. The van der Waals surface area contributed by atoms with Crippen molar-refractivity contribution in [2.24, 2.45) is 0 Å². The van der Waals surface area contributed by atoms with Gasteiger partial charge in [0, 0.05) is 13.1 Å². The molecule has 1 unspecified atom stereocenters. The number of alkyl halides is 1. The van der Waals surface area contributed by atoms with Gasteiger partial charge in [-0.15, -0.1) is 18.2 Å². The van der Waals surface area contributed by atoms with Gasteiger partial charge in [0.15, 0.2) is 0 Å². The van der Waals surface area contributed by atoms with Crippen molar-refractivity contribution in [2.45, 2.75) is 18.7 Å². The molecule has 92 valence electrons. The maximum atomic E-state index is 12.2. The lowest BCUT2D eigenvalue weighted by atomic mass is 10.1. The maximum absolute atomic E-state index is 12.2. The second kappa shape index (κ2) is 7.13. The molecule has 17 heavy (non-hydrogen) atoms. The van der Waals surface area contributed by atoms with Crippen LogP contribution in [0.1, 0.15) is 24.3 Å². The van der Waals surface area contributed by atoms with Crippen molar-refractivity contribution in [1.29, 1.82) is 0 Å². The average Bonchev–Trinajstić information content (AvgIpc) is 2.38. The van der Waals surface area contributed by atoms with Crippen molar-refractivity contribution >= 4 is 17.5 Å². The second-order valence-electron chi connectivity index (χ2n) is 3.85. The van der Waals surface area contributed by atoms with Gasteiger partial charge in [-0.1, -0.05) is 43.3 Å². The van der Waals surface area contributed by atoms with E-state index in [1.54, 1.807) is 11.0 Å². The highest BCUT2D eigenvalue weighted by Crippen LogP contribution is 2.22. The van der Waals surface area contributed by atoms with Crippen LogP contribution in [0.4, 0.5) is 0 Å². The van der Waals surface area contributed by atoms with Crippen molar-refractivity contribution in [2.75, 3.05) is 13.1 Å². The number of carbonyl (C=O) groups is 1. The number of hydrogen-bond donors (Lipinski definition) is 0. The molecule has 0 heterocycles. The predicted octanol–water partition coefficient (Wildman–Crippen LogP) is 3.39. The highest BCUT2D eigenvalue weighted by Gasteiger charge is 2.22. The Morgan fingerprint density at radius 1 is 1.47 bits per heavy atom. The summed E-state index contributed by atoms with van der Waals surface area (Å²) in [6.07, 6.45) is 2.64. The third kappa shape index (κ3) is 3.90. The quantitative estimate of drug-likeness (QED) is 0.561. The molecule has 0 N–H and O–H groups in total. The lowest BCUT2D eigenvalue weighted by Gasteiger charge is -2.23. The molecule has 1 amide bonds. The highest BCUT2D eigenvalue weighted by atomic mass is 35.5. The zero-order chi connectivity index (χ0) is 12.7. The van der Waals surface area contributed by atoms with Gasteiger partial charge in [-0.2, -0.15) is 0 Å². The Balaban J connectivity index is 2.76. The number of hydrogen-bond acceptors (Lipinski definition) is 1. The van der Waals surface area contributed by atoms with E-state index in [9.17, 15) is 4.79 Å². The molecule has 0 aliphatic rings. The standard InChI is InChI=1S/C14H18ClNO/c1-3-10-16(11-4-2)14(17)13(15)12-8-6-5-7-9-12/h3,5-9,13H,1,4,10-11H2,2H3. The van der Waals surface area contributed by atoms with Crippen LogP contribution < -0.4 is 0 Å². The zero-order valence-corrected chi connectivity index (χ0v) is 10.9. The topological polar surface area (TPSA) is 20.3 Å². The van der Waals surface area contributed by atoms with E-state index in [2.05, 4.69) is 6.58 Å². The fourth-order valence-corrected chi connectivity index (χ4v) is 1.93. The first-order chi connectivity index (χ1) is 8.20. The van der Waals surface area contributed by atoms with Crippen LogP contribution in [0.2, 0.25) is 0 Å². The Morgan fingerprint density at radius 2 is 2.12 bits per heavy atom. The van der Waals surface area contributed by atoms with Crippen LogP contribution in [-0.2, 0) is 4.79 Å². The van der Waals surface area contributed by atoms with Gasteiger partial charge in [-0.25, -0.2) is 0 Å². The van der Waals surface area contributed by atoms with Gasteiger partial charge >= 0.3 is 0 Å². The monoisotopic (exact) mass is 251 g/mol. The molecule has 2 nitrogen and oxygen atoms in total. The van der Waals surface area contributed by atoms with Crippen LogP contribution in [-0.4, -0.2) is 23.9 Å². The first-order valence-corrected chi connectivity index (χ1v) is 6.23. The van der Waals surface area contributed by atoms with E-state index >= 15 is 0 Å². The Bertz CT molecular complexity index is 364. The van der Waals surface area contributed by atoms with Crippen molar-refractivity contribution in [3.05, 3.63) is 48.6 Å². The predicted molar refractivity (Wildman–Crippen MR) is 72.1 cm³/mol. The van der Waals surface area contributed by atoms with Crippen LogP contribution in [0, 0.1) is 0 Å².